The summed E-state index contributed by atoms with van der Waals surface area (Å²) < 4.78 is 0. The number of imidazole rings is 1. The summed E-state index contributed by atoms with van der Waals surface area (Å²) in [7, 11) is 0. The lowest BCUT2D eigenvalue weighted by Crippen LogP contribution is -2.62. The molecule has 0 spiro atoms. The van der Waals surface area contributed by atoms with Gasteiger partial charge in [0.05, 0.1) is 12.9 Å². The van der Waals surface area contributed by atoms with Crippen LogP contribution in [0.1, 0.15) is 95.9 Å². The molecule has 0 bridgehead atoms. The summed E-state index contributed by atoms with van der Waals surface area (Å²) in [5.41, 5.74) is 15.0. The van der Waals surface area contributed by atoms with E-state index in [9.17, 15) is 43.5 Å². The van der Waals surface area contributed by atoms with E-state index < -0.39 is 102 Å². The maximum atomic E-state index is 14.9. The highest BCUT2D eigenvalue weighted by Gasteiger charge is 2.37. The van der Waals surface area contributed by atoms with E-state index in [1.807, 2.05) is 76.2 Å². The van der Waals surface area contributed by atoms with Gasteiger partial charge in [-0.3, -0.25) is 38.4 Å². The fourth-order valence-corrected chi connectivity index (χ4v) is 9.59. The van der Waals surface area contributed by atoms with Gasteiger partial charge in [-0.05, 0) is 99.6 Å². The zero-order chi connectivity index (χ0) is 56.3. The molecule has 16 N–H and O–H groups in total. The lowest BCUT2D eigenvalue weighted by molar-refractivity contribution is -0.137. The molecule has 1 aliphatic rings. The molecular formula is C55H78N14O9. The lowest BCUT2D eigenvalue weighted by Gasteiger charge is -2.29. The highest BCUT2D eigenvalue weighted by Crippen LogP contribution is 2.22. The highest BCUT2D eigenvalue weighted by molar-refractivity contribution is 5.99. The van der Waals surface area contributed by atoms with Crippen LogP contribution in [-0.2, 0) is 57.6 Å². The molecular weight excluding hydrogens is 1000 g/mol. The van der Waals surface area contributed by atoms with Crippen LogP contribution in [-0.4, -0.2) is 140 Å². The smallest absolute Gasteiger partial charge is 0.245 e. The Balaban J connectivity index is 1.44. The molecule has 0 aliphatic carbocycles. The Morgan fingerprint density at radius 1 is 0.462 bits per heavy atom. The average Bonchev–Trinajstić information content (AvgIpc) is 4.23. The van der Waals surface area contributed by atoms with Crippen LogP contribution in [0.15, 0.2) is 73.4 Å². The van der Waals surface area contributed by atoms with Gasteiger partial charge < -0.3 is 74.1 Å². The Morgan fingerprint density at radius 2 is 0.821 bits per heavy atom. The van der Waals surface area contributed by atoms with Crippen molar-refractivity contribution in [1.29, 1.82) is 0 Å². The third-order valence-electron chi connectivity index (χ3n) is 13.7. The van der Waals surface area contributed by atoms with Gasteiger partial charge >= 0.3 is 0 Å². The van der Waals surface area contributed by atoms with Crippen LogP contribution in [0.5, 0.6) is 0 Å². The first-order valence-electron chi connectivity index (χ1n) is 27.0. The van der Waals surface area contributed by atoms with Gasteiger partial charge in [0.1, 0.15) is 48.3 Å². The first-order chi connectivity index (χ1) is 37.5. The second-order valence-electron chi connectivity index (χ2n) is 20.9. The number of aliphatic hydroxyl groups excluding tert-OH is 1. The predicted molar refractivity (Wildman–Crippen MR) is 294 cm³/mol. The summed E-state index contributed by atoms with van der Waals surface area (Å²) in [4.78, 5) is 130. The maximum absolute atomic E-state index is 14.9. The average molecular weight is 1080 g/mol. The number of hydrogen-bond donors (Lipinski definition) is 14. The number of nitrogens with two attached hydrogens (primary N) is 2. The van der Waals surface area contributed by atoms with Crippen molar-refractivity contribution in [2.24, 2.45) is 23.3 Å². The van der Waals surface area contributed by atoms with Crippen molar-refractivity contribution in [3.63, 3.8) is 0 Å². The molecule has 6 rings (SSSR count). The first kappa shape index (κ1) is 59.6. The number of hydrogen-bond acceptors (Lipinski definition) is 12. The molecule has 0 saturated carbocycles. The van der Waals surface area contributed by atoms with Gasteiger partial charge in [0, 0.05) is 65.4 Å². The number of aromatic amines is 3. The van der Waals surface area contributed by atoms with Crippen molar-refractivity contribution in [3.8, 4) is 0 Å². The van der Waals surface area contributed by atoms with Crippen molar-refractivity contribution in [3.05, 3.63) is 90.3 Å². The minimum Gasteiger partial charge on any atom is -0.394 e. The Kier molecular flexibility index (Phi) is 22.3. The summed E-state index contributed by atoms with van der Waals surface area (Å²) in [5.74, 6) is -6.63. The van der Waals surface area contributed by atoms with Gasteiger partial charge in [-0.15, -0.1) is 0 Å². The van der Waals surface area contributed by atoms with Crippen molar-refractivity contribution >= 4 is 69.1 Å². The van der Waals surface area contributed by atoms with E-state index in [4.69, 9.17) is 11.5 Å². The van der Waals surface area contributed by atoms with E-state index in [1.54, 1.807) is 12.4 Å². The number of unbranched alkanes of at least 4 members (excludes halogenated alkanes) is 2. The molecule has 0 radical (unpaired) electrons. The van der Waals surface area contributed by atoms with Gasteiger partial charge in [0.25, 0.3) is 0 Å². The van der Waals surface area contributed by atoms with Gasteiger partial charge in [0.2, 0.25) is 47.3 Å². The number of rotatable bonds is 19. The molecule has 23 nitrogen and oxygen atoms in total. The number of H-pyrrole nitrogens is 3. The number of para-hydroxylation sites is 2. The quantitative estimate of drug-likeness (QED) is 0.0507. The molecule has 8 atom stereocenters. The number of nitrogens with one attached hydrogen (secondary N) is 11. The largest absolute Gasteiger partial charge is 0.394 e. The highest BCUT2D eigenvalue weighted by atomic mass is 16.3. The number of benzene rings is 2. The minimum absolute atomic E-state index is 0.0386. The number of aliphatic hydroxyl groups is 1. The third-order valence-corrected chi connectivity index (χ3v) is 13.7. The van der Waals surface area contributed by atoms with Gasteiger partial charge in [-0.25, -0.2) is 4.98 Å². The number of aromatic nitrogens is 4. The number of fused-ring (bicyclic) bond motifs is 2. The molecule has 4 heterocycles. The van der Waals surface area contributed by atoms with Crippen molar-refractivity contribution in [2.45, 2.75) is 147 Å². The van der Waals surface area contributed by atoms with Crippen LogP contribution < -0.4 is 54.0 Å². The molecule has 23 heteroatoms. The summed E-state index contributed by atoms with van der Waals surface area (Å²) in [5, 5.41) is 34.3. The second-order valence-corrected chi connectivity index (χ2v) is 20.9. The van der Waals surface area contributed by atoms with E-state index in [0.717, 1.165) is 21.8 Å². The van der Waals surface area contributed by atoms with Gasteiger partial charge in [0.15, 0.2) is 0 Å². The molecule has 1 aliphatic heterocycles. The number of carbonyl (C=O) groups is 8. The third kappa shape index (κ3) is 16.9. The topological polar surface area (TPSA) is 365 Å². The standard InChI is InChI=1S/C55H78N14O9/c1-31(2)21-42-50(73)66-44(23-33-26-59-38-15-7-5-13-36(33)38)52(75)62-40(17-9-11-19-56)48(71)68-46(25-35-28-58-30-61-35)54(77)63-41(18-10-12-20-57)49(72)69-47(29-70)55(78)65-43(22-32(3)4)51(74)67-45(53(76)64-42)24-34-27-60-39-16-8-6-14-37(34)39/h5-8,13-16,26-28,30-32,40-47,59-60,70H,9-12,17-25,29,56-57H2,1-4H3,(H,58,61)(H,62,75)(H,63,77)(H,64,76)(H,65,78)(H,66,73)(H,67,74)(H,68,71)(H,69,72)/t40-,41-,42-,43-,44-,45-,46-,47-/m0/s1. The van der Waals surface area contributed by atoms with Crippen molar-refractivity contribution < 1.29 is 43.5 Å². The van der Waals surface area contributed by atoms with Crippen LogP contribution in [0.2, 0.25) is 0 Å². The van der Waals surface area contributed by atoms with E-state index in [1.165, 1.54) is 12.5 Å². The van der Waals surface area contributed by atoms with Gasteiger partial charge in [-0.1, -0.05) is 64.1 Å². The SMILES string of the molecule is CC(C)C[C@@H]1NC(=O)[C@H](CO)NC(=O)[C@H](CCCCN)NC(=O)[C@H](Cc2cnc[nH]2)NC(=O)[C@H](CCCCN)NC(=O)[C@H](Cc2c[nH]c3ccccc23)NC(=O)[C@H](CC(C)C)NC(=O)[C@H](Cc2c[nH]c3ccccc23)NC1=O. The van der Waals surface area contributed by atoms with Crippen LogP contribution in [0.4, 0.5) is 0 Å². The van der Waals surface area contributed by atoms with Crippen molar-refractivity contribution in [1.82, 2.24) is 62.5 Å². The van der Waals surface area contributed by atoms with Crippen LogP contribution in [0.3, 0.4) is 0 Å². The van der Waals surface area contributed by atoms with E-state index >= 15 is 0 Å². The molecule has 3 aromatic heterocycles. The first-order valence-corrected chi connectivity index (χ1v) is 27.0. The lowest BCUT2D eigenvalue weighted by atomic mass is 9.98. The summed E-state index contributed by atoms with van der Waals surface area (Å²) in [6.45, 7) is 7.03. The molecule has 0 unspecified atom stereocenters. The van der Waals surface area contributed by atoms with E-state index in [2.05, 4.69) is 62.5 Å². The van der Waals surface area contributed by atoms with E-state index in [0.29, 0.717) is 42.5 Å². The zero-order valence-electron chi connectivity index (χ0n) is 44.9. The fourth-order valence-electron chi connectivity index (χ4n) is 9.59. The molecule has 422 valence electrons. The molecule has 1 saturated heterocycles. The molecule has 1 fully saturated rings. The molecule has 78 heavy (non-hydrogen) atoms. The Bertz CT molecular complexity index is 2810. The Labute approximate surface area is 453 Å². The fraction of sp³-hybridized carbons (Fsp3) is 0.509. The monoisotopic (exact) mass is 1080 g/mol. The number of amides is 8. The van der Waals surface area contributed by atoms with Gasteiger partial charge in [-0.2, -0.15) is 0 Å². The Morgan fingerprint density at radius 3 is 1.22 bits per heavy atom. The molecule has 2 aromatic carbocycles. The summed E-state index contributed by atoms with van der Waals surface area (Å²) in [6.07, 6.45) is 8.03. The van der Waals surface area contributed by atoms with Crippen LogP contribution in [0.25, 0.3) is 21.8 Å². The predicted octanol–water partition coefficient (Wildman–Crippen LogP) is 0.635. The summed E-state index contributed by atoms with van der Waals surface area (Å²) >= 11 is 0. The normalized spacial score (nSPS) is 23.0. The zero-order valence-corrected chi connectivity index (χ0v) is 44.9. The Hall–Kier alpha value is -7.63. The summed E-state index contributed by atoms with van der Waals surface area (Å²) in [6, 6.07) is 4.04. The maximum Gasteiger partial charge on any atom is 0.245 e. The second kappa shape index (κ2) is 29.2. The molecule has 5 aromatic rings. The van der Waals surface area contributed by atoms with Crippen LogP contribution >= 0.6 is 0 Å². The van der Waals surface area contributed by atoms with Crippen LogP contribution in [0, 0.1) is 11.8 Å². The minimum atomic E-state index is -1.61. The number of carbonyl (C=O) groups excluding carboxylic acids is 8. The van der Waals surface area contributed by atoms with E-state index in [-0.39, 0.29) is 69.9 Å². The molecule has 8 amide bonds. The van der Waals surface area contributed by atoms with Crippen molar-refractivity contribution in [2.75, 3.05) is 19.7 Å². The number of nitrogens with zero attached hydrogens (tertiary/aromatic N) is 1.